The lowest BCUT2D eigenvalue weighted by Gasteiger charge is -2.26. The highest BCUT2D eigenvalue weighted by Gasteiger charge is 2.47. The van der Waals surface area contributed by atoms with Gasteiger partial charge >= 0.3 is 5.97 Å². The fourth-order valence-corrected chi connectivity index (χ4v) is 4.19. The van der Waals surface area contributed by atoms with Gasteiger partial charge in [0.05, 0.1) is 12.2 Å². The zero-order valence-corrected chi connectivity index (χ0v) is 15.2. The first-order chi connectivity index (χ1) is 11.7. The summed E-state index contributed by atoms with van der Waals surface area (Å²) in [5, 5.41) is 8.65. The molecule has 24 heavy (non-hydrogen) atoms. The SMILES string of the molecule is CCCC/C=C/CC[C@@H]1[C@H](C/C=C\CCCC(=O)O)[C@@H]2CC[C@H]1O2. The molecule has 2 rings (SSSR count). The zero-order chi connectivity index (χ0) is 17.2. The van der Waals surface area contributed by atoms with E-state index in [0.29, 0.717) is 24.0 Å². The molecular formula is C21H34O3. The van der Waals surface area contributed by atoms with Gasteiger partial charge in [-0.1, -0.05) is 44.1 Å². The van der Waals surface area contributed by atoms with E-state index in [9.17, 15) is 4.79 Å². The summed E-state index contributed by atoms with van der Waals surface area (Å²) in [6.07, 6.45) is 21.8. The number of carboxylic acid groups (broad SMARTS) is 1. The number of unbranched alkanes of at least 4 members (excludes halogenated alkanes) is 3. The Hall–Kier alpha value is -1.09. The van der Waals surface area contributed by atoms with Crippen molar-refractivity contribution < 1.29 is 14.6 Å². The van der Waals surface area contributed by atoms with Gasteiger partial charge in [0, 0.05) is 6.42 Å². The summed E-state index contributed by atoms with van der Waals surface area (Å²) in [5.41, 5.74) is 0. The van der Waals surface area contributed by atoms with Crippen molar-refractivity contribution in [1.29, 1.82) is 0 Å². The van der Waals surface area contributed by atoms with Crippen molar-refractivity contribution in [2.45, 2.75) is 89.8 Å². The van der Waals surface area contributed by atoms with Crippen molar-refractivity contribution in [1.82, 2.24) is 0 Å². The minimum absolute atomic E-state index is 0.272. The van der Waals surface area contributed by atoms with E-state index in [0.717, 1.165) is 19.3 Å². The standard InChI is InChI=1S/C21H34O3/c1-2-3-4-5-6-9-12-17-18(20-16-15-19(17)24-20)13-10-7-8-11-14-21(22)23/h5-7,10,17-20H,2-4,8-9,11-16H2,1H3,(H,22,23)/b6-5+,10-7-/t17-,18+,19-,20+/m1/s1. The Morgan fingerprint density at radius 2 is 1.67 bits per heavy atom. The monoisotopic (exact) mass is 334 g/mol. The lowest BCUT2D eigenvalue weighted by atomic mass is 9.75. The van der Waals surface area contributed by atoms with Gasteiger partial charge in [-0.05, 0) is 63.2 Å². The number of carbonyl (C=O) groups is 1. The molecule has 0 aromatic rings. The van der Waals surface area contributed by atoms with Crippen LogP contribution >= 0.6 is 0 Å². The molecule has 4 atom stereocenters. The maximum atomic E-state index is 10.5. The highest BCUT2D eigenvalue weighted by Crippen LogP contribution is 2.47. The Kier molecular flexibility index (Phi) is 8.58. The van der Waals surface area contributed by atoms with Gasteiger partial charge in [-0.15, -0.1) is 0 Å². The van der Waals surface area contributed by atoms with Crippen LogP contribution < -0.4 is 0 Å². The third kappa shape index (κ3) is 6.08. The van der Waals surface area contributed by atoms with Crippen LogP contribution in [0.2, 0.25) is 0 Å². The van der Waals surface area contributed by atoms with Crippen LogP contribution in [0.5, 0.6) is 0 Å². The maximum Gasteiger partial charge on any atom is 0.303 e. The first-order valence-corrected chi connectivity index (χ1v) is 9.89. The molecule has 1 N–H and O–H groups in total. The van der Waals surface area contributed by atoms with Crippen LogP contribution in [0, 0.1) is 11.8 Å². The molecule has 2 aliphatic rings. The number of fused-ring (bicyclic) bond motifs is 2. The molecular weight excluding hydrogens is 300 g/mol. The number of hydrogen-bond donors (Lipinski definition) is 1. The summed E-state index contributed by atoms with van der Waals surface area (Å²) >= 11 is 0. The number of carboxylic acids is 1. The molecule has 3 heteroatoms. The Morgan fingerprint density at radius 3 is 2.42 bits per heavy atom. The molecule has 3 nitrogen and oxygen atoms in total. The summed E-state index contributed by atoms with van der Waals surface area (Å²) < 4.78 is 6.17. The van der Waals surface area contributed by atoms with Crippen LogP contribution in [-0.4, -0.2) is 23.3 Å². The van der Waals surface area contributed by atoms with Crippen molar-refractivity contribution in [3.05, 3.63) is 24.3 Å². The van der Waals surface area contributed by atoms with Gasteiger partial charge in [0.25, 0.3) is 0 Å². The topological polar surface area (TPSA) is 46.5 Å². The number of aliphatic carboxylic acids is 1. The molecule has 2 aliphatic heterocycles. The molecule has 0 spiro atoms. The fraction of sp³-hybridized carbons (Fsp3) is 0.762. The normalized spacial score (nSPS) is 29.2. The van der Waals surface area contributed by atoms with Gasteiger partial charge in [0.15, 0.2) is 0 Å². The molecule has 2 fully saturated rings. The van der Waals surface area contributed by atoms with E-state index in [1.54, 1.807) is 0 Å². The number of allylic oxidation sites excluding steroid dienone is 4. The summed E-state index contributed by atoms with van der Waals surface area (Å²) in [6, 6.07) is 0. The number of rotatable bonds is 12. The Balaban J connectivity index is 1.70. The van der Waals surface area contributed by atoms with Crippen molar-refractivity contribution in [3.63, 3.8) is 0 Å². The first kappa shape index (κ1) is 19.2. The summed E-state index contributed by atoms with van der Waals surface area (Å²) in [4.78, 5) is 10.5. The van der Waals surface area contributed by atoms with E-state index >= 15 is 0 Å². The van der Waals surface area contributed by atoms with Gasteiger partial charge in [-0.3, -0.25) is 4.79 Å². The Morgan fingerprint density at radius 1 is 1.00 bits per heavy atom. The molecule has 2 heterocycles. The van der Waals surface area contributed by atoms with E-state index in [4.69, 9.17) is 9.84 Å². The first-order valence-electron chi connectivity index (χ1n) is 9.89. The molecule has 0 amide bonds. The molecule has 0 unspecified atom stereocenters. The van der Waals surface area contributed by atoms with Gasteiger partial charge in [-0.2, -0.15) is 0 Å². The molecule has 136 valence electrons. The third-order valence-corrected chi connectivity index (χ3v) is 5.48. The molecule has 2 saturated heterocycles. The van der Waals surface area contributed by atoms with E-state index in [1.165, 1.54) is 44.9 Å². The Bertz CT molecular complexity index is 427. The quantitative estimate of drug-likeness (QED) is 0.378. The van der Waals surface area contributed by atoms with E-state index in [2.05, 4.69) is 31.2 Å². The van der Waals surface area contributed by atoms with Crippen LogP contribution in [0.4, 0.5) is 0 Å². The minimum Gasteiger partial charge on any atom is -0.481 e. The number of hydrogen-bond acceptors (Lipinski definition) is 2. The van der Waals surface area contributed by atoms with E-state index < -0.39 is 5.97 Å². The van der Waals surface area contributed by atoms with Crippen LogP contribution in [0.15, 0.2) is 24.3 Å². The van der Waals surface area contributed by atoms with Crippen molar-refractivity contribution in [2.75, 3.05) is 0 Å². The van der Waals surface area contributed by atoms with Gasteiger partial charge < -0.3 is 9.84 Å². The fourth-order valence-electron chi connectivity index (χ4n) is 4.19. The van der Waals surface area contributed by atoms with Gasteiger partial charge in [0.1, 0.15) is 0 Å². The summed E-state index contributed by atoms with van der Waals surface area (Å²) in [7, 11) is 0. The highest BCUT2D eigenvalue weighted by molar-refractivity contribution is 5.66. The van der Waals surface area contributed by atoms with Crippen molar-refractivity contribution in [2.24, 2.45) is 11.8 Å². The second-order valence-corrected chi connectivity index (χ2v) is 7.30. The minimum atomic E-state index is -0.697. The Labute approximate surface area is 147 Å². The second kappa shape index (κ2) is 10.7. The van der Waals surface area contributed by atoms with Gasteiger partial charge in [0.2, 0.25) is 0 Å². The lowest BCUT2D eigenvalue weighted by Crippen LogP contribution is -2.26. The predicted molar refractivity (Wildman–Crippen MR) is 98.0 cm³/mol. The van der Waals surface area contributed by atoms with E-state index in [-0.39, 0.29) is 6.42 Å². The molecule has 0 radical (unpaired) electrons. The maximum absolute atomic E-state index is 10.5. The van der Waals surface area contributed by atoms with Crippen molar-refractivity contribution in [3.8, 4) is 0 Å². The second-order valence-electron chi connectivity index (χ2n) is 7.30. The van der Waals surface area contributed by atoms with Crippen LogP contribution in [0.3, 0.4) is 0 Å². The lowest BCUT2D eigenvalue weighted by molar-refractivity contribution is -0.137. The third-order valence-electron chi connectivity index (χ3n) is 5.48. The predicted octanol–water partition coefficient (Wildman–Crippen LogP) is 5.51. The zero-order valence-electron chi connectivity index (χ0n) is 15.2. The van der Waals surface area contributed by atoms with E-state index in [1.807, 2.05) is 0 Å². The summed E-state index contributed by atoms with van der Waals surface area (Å²) in [6.45, 7) is 2.24. The summed E-state index contributed by atoms with van der Waals surface area (Å²) in [5.74, 6) is 0.684. The molecule has 0 aromatic heterocycles. The number of ether oxygens (including phenoxy) is 1. The average molecular weight is 335 g/mol. The van der Waals surface area contributed by atoms with Crippen LogP contribution in [-0.2, 0) is 9.53 Å². The molecule has 0 saturated carbocycles. The average Bonchev–Trinajstić information content (AvgIpc) is 3.15. The van der Waals surface area contributed by atoms with Crippen molar-refractivity contribution >= 4 is 5.97 Å². The smallest absolute Gasteiger partial charge is 0.303 e. The molecule has 0 aliphatic carbocycles. The van der Waals surface area contributed by atoms with Crippen LogP contribution in [0.1, 0.15) is 77.6 Å². The largest absolute Gasteiger partial charge is 0.481 e. The molecule has 2 bridgehead atoms. The molecule has 0 aromatic carbocycles. The highest BCUT2D eigenvalue weighted by atomic mass is 16.5. The van der Waals surface area contributed by atoms with Gasteiger partial charge in [-0.25, -0.2) is 0 Å². The van der Waals surface area contributed by atoms with Crippen LogP contribution in [0.25, 0.3) is 0 Å².